The first-order chi connectivity index (χ1) is 12.8. The van der Waals surface area contributed by atoms with E-state index in [4.69, 9.17) is 14.6 Å². The van der Waals surface area contributed by atoms with Crippen molar-refractivity contribution in [3.63, 3.8) is 0 Å². The van der Waals surface area contributed by atoms with Gasteiger partial charge in [0.05, 0.1) is 16.8 Å². The van der Waals surface area contributed by atoms with Crippen LogP contribution in [0.2, 0.25) is 0 Å². The number of anilines is 1. The van der Waals surface area contributed by atoms with Crippen molar-refractivity contribution in [2.24, 2.45) is 5.14 Å². The summed E-state index contributed by atoms with van der Waals surface area (Å²) in [7, 11) is -3.97. The van der Waals surface area contributed by atoms with Crippen LogP contribution in [0.15, 0.2) is 59.1 Å². The molecule has 0 radical (unpaired) electrons. The maximum Gasteiger partial charge on any atom is 0.240 e. The number of para-hydroxylation sites is 1. The Morgan fingerprint density at radius 3 is 2.74 bits per heavy atom. The minimum Gasteiger partial charge on any atom is -0.460 e. The van der Waals surface area contributed by atoms with Gasteiger partial charge in [0.15, 0.2) is 0 Å². The van der Waals surface area contributed by atoms with Crippen LogP contribution < -0.4 is 15.2 Å². The summed E-state index contributed by atoms with van der Waals surface area (Å²) in [6.45, 7) is 1.99. The van der Waals surface area contributed by atoms with E-state index in [0.29, 0.717) is 0 Å². The van der Waals surface area contributed by atoms with Crippen molar-refractivity contribution in [3.8, 4) is 5.75 Å². The minimum absolute atomic E-state index is 0.0544. The predicted molar refractivity (Wildman–Crippen MR) is 96.3 cm³/mol. The lowest BCUT2D eigenvalue weighted by molar-refractivity contribution is -0.0510. The van der Waals surface area contributed by atoms with Gasteiger partial charge < -0.3 is 14.8 Å². The number of fused-ring (bicyclic) bond motifs is 1. The molecule has 0 amide bonds. The van der Waals surface area contributed by atoms with Gasteiger partial charge in [-0.15, -0.1) is 0 Å². The van der Waals surface area contributed by atoms with Crippen LogP contribution >= 0.6 is 0 Å². The molecule has 3 N–H and O–H groups in total. The lowest BCUT2D eigenvalue weighted by Crippen LogP contribution is -2.33. The van der Waals surface area contributed by atoms with Crippen LogP contribution in [0.1, 0.15) is 17.3 Å². The van der Waals surface area contributed by atoms with E-state index in [1.54, 1.807) is 13.0 Å². The smallest absolute Gasteiger partial charge is 0.240 e. The lowest BCUT2D eigenvalue weighted by Gasteiger charge is -2.27. The number of primary sulfonamides is 1. The van der Waals surface area contributed by atoms with E-state index in [-0.39, 0.29) is 34.1 Å². The van der Waals surface area contributed by atoms with E-state index < -0.39 is 27.9 Å². The third-order valence-corrected chi connectivity index (χ3v) is 4.80. The standard InChI is InChI=1S/C18H17FN2O5S/c1-2-25-18-13(17(22)12-9-11(19)7-8-15(12)26-18)10-21-14-5-3-4-6-16(14)27(20,23)24/h3-10,18,21H,2H2,1H3,(H2,20,23,24)/b13-10-. The summed E-state index contributed by atoms with van der Waals surface area (Å²) >= 11 is 0. The first-order valence-electron chi connectivity index (χ1n) is 8.02. The molecule has 0 aromatic heterocycles. The minimum atomic E-state index is -3.97. The zero-order valence-electron chi connectivity index (χ0n) is 14.3. The predicted octanol–water partition coefficient (Wildman–Crippen LogP) is 2.41. The highest BCUT2D eigenvalue weighted by molar-refractivity contribution is 7.89. The maximum atomic E-state index is 13.5. The zero-order valence-corrected chi connectivity index (χ0v) is 15.1. The number of hydrogen-bond donors (Lipinski definition) is 2. The number of benzene rings is 2. The second-order valence-electron chi connectivity index (χ2n) is 5.66. The number of hydrogen-bond acceptors (Lipinski definition) is 6. The molecule has 0 bridgehead atoms. The molecule has 0 saturated heterocycles. The first kappa shape index (κ1) is 19.0. The number of nitrogens with two attached hydrogens (primary N) is 1. The molecule has 1 unspecified atom stereocenters. The fourth-order valence-corrected chi connectivity index (χ4v) is 3.32. The third-order valence-electron chi connectivity index (χ3n) is 3.83. The summed E-state index contributed by atoms with van der Waals surface area (Å²) in [5.41, 5.74) is 0.304. The van der Waals surface area contributed by atoms with E-state index in [1.165, 1.54) is 36.5 Å². The Hall–Kier alpha value is -2.75. The number of sulfonamides is 1. The molecular weight excluding hydrogens is 375 g/mol. The molecule has 0 aliphatic carbocycles. The van der Waals surface area contributed by atoms with Gasteiger partial charge in [0, 0.05) is 12.8 Å². The summed E-state index contributed by atoms with van der Waals surface area (Å²) in [4.78, 5) is 12.6. The molecule has 2 aromatic carbocycles. The van der Waals surface area contributed by atoms with Crippen LogP contribution in [0.4, 0.5) is 10.1 Å². The van der Waals surface area contributed by atoms with Gasteiger partial charge in [0.25, 0.3) is 0 Å². The maximum absolute atomic E-state index is 13.5. The van der Waals surface area contributed by atoms with Crippen LogP contribution in [0.3, 0.4) is 0 Å². The molecule has 7 nitrogen and oxygen atoms in total. The second-order valence-corrected chi connectivity index (χ2v) is 7.19. The van der Waals surface area contributed by atoms with E-state index in [2.05, 4.69) is 5.32 Å². The zero-order chi connectivity index (χ0) is 19.6. The van der Waals surface area contributed by atoms with E-state index >= 15 is 0 Å². The number of ketones is 1. The van der Waals surface area contributed by atoms with Crippen molar-refractivity contribution in [2.75, 3.05) is 11.9 Å². The fourth-order valence-electron chi connectivity index (χ4n) is 2.62. The van der Waals surface area contributed by atoms with Crippen molar-refractivity contribution in [1.82, 2.24) is 0 Å². The van der Waals surface area contributed by atoms with E-state index in [0.717, 1.165) is 6.07 Å². The van der Waals surface area contributed by atoms with Gasteiger partial charge in [-0.1, -0.05) is 12.1 Å². The van der Waals surface area contributed by atoms with Crippen molar-refractivity contribution < 1.29 is 27.1 Å². The molecule has 27 heavy (non-hydrogen) atoms. The largest absolute Gasteiger partial charge is 0.460 e. The van der Waals surface area contributed by atoms with Crippen molar-refractivity contribution in [1.29, 1.82) is 0 Å². The highest BCUT2D eigenvalue weighted by Gasteiger charge is 2.33. The lowest BCUT2D eigenvalue weighted by atomic mass is 9.99. The Kier molecular flexibility index (Phi) is 5.26. The molecule has 9 heteroatoms. The number of ether oxygens (including phenoxy) is 2. The average Bonchev–Trinajstić information content (AvgIpc) is 2.62. The molecule has 1 aliphatic heterocycles. The van der Waals surface area contributed by atoms with Crippen LogP contribution in [0, 0.1) is 5.82 Å². The highest BCUT2D eigenvalue weighted by atomic mass is 32.2. The topological polar surface area (TPSA) is 108 Å². The molecule has 1 atom stereocenters. The Morgan fingerprint density at radius 1 is 1.30 bits per heavy atom. The number of Topliss-reactive ketones (excluding diaryl/α,β-unsaturated/α-hetero) is 1. The number of halogens is 1. The monoisotopic (exact) mass is 392 g/mol. The van der Waals surface area contributed by atoms with Gasteiger partial charge in [-0.2, -0.15) is 0 Å². The average molecular weight is 392 g/mol. The number of carbonyl (C=O) groups excluding carboxylic acids is 1. The summed E-state index contributed by atoms with van der Waals surface area (Å²) in [5.74, 6) is -0.857. The van der Waals surface area contributed by atoms with Crippen LogP contribution in [-0.4, -0.2) is 27.1 Å². The number of carbonyl (C=O) groups is 1. The molecule has 3 rings (SSSR count). The summed E-state index contributed by atoms with van der Waals surface area (Å²) < 4.78 is 48.0. The van der Waals surface area contributed by atoms with E-state index in [9.17, 15) is 17.6 Å². The van der Waals surface area contributed by atoms with Gasteiger partial charge >= 0.3 is 0 Å². The Morgan fingerprint density at radius 2 is 2.04 bits per heavy atom. The molecule has 1 aliphatic rings. The van der Waals surface area contributed by atoms with Crippen molar-refractivity contribution in [2.45, 2.75) is 18.1 Å². The quantitative estimate of drug-likeness (QED) is 0.757. The molecule has 2 aromatic rings. The van der Waals surface area contributed by atoms with Gasteiger partial charge in [-0.3, -0.25) is 4.79 Å². The molecule has 0 spiro atoms. The summed E-state index contributed by atoms with van der Waals surface area (Å²) in [6, 6.07) is 9.58. The molecule has 0 saturated carbocycles. The van der Waals surface area contributed by atoms with Gasteiger partial charge in [-0.05, 0) is 37.3 Å². The Bertz CT molecular complexity index is 1020. The number of rotatable bonds is 5. The van der Waals surface area contributed by atoms with Crippen molar-refractivity contribution >= 4 is 21.5 Å². The highest BCUT2D eigenvalue weighted by Crippen LogP contribution is 2.32. The molecule has 0 fully saturated rings. The molecule has 1 heterocycles. The fraction of sp³-hybridized carbons (Fsp3) is 0.167. The normalized spacial score (nSPS) is 18.1. The second kappa shape index (κ2) is 7.47. The third kappa shape index (κ3) is 4.00. The van der Waals surface area contributed by atoms with Crippen molar-refractivity contribution in [3.05, 3.63) is 65.6 Å². The van der Waals surface area contributed by atoms with Crippen LogP contribution in [-0.2, 0) is 14.8 Å². The van der Waals surface area contributed by atoms with Gasteiger partial charge in [-0.25, -0.2) is 17.9 Å². The van der Waals surface area contributed by atoms with E-state index in [1.807, 2.05) is 0 Å². The SMILES string of the molecule is CCOC1Oc2ccc(F)cc2C(=O)/C1=C/Nc1ccccc1S(N)(=O)=O. The van der Waals surface area contributed by atoms with Gasteiger partial charge in [0.1, 0.15) is 16.5 Å². The first-order valence-corrected chi connectivity index (χ1v) is 9.57. The Balaban J connectivity index is 2.00. The molecule has 142 valence electrons. The van der Waals surface area contributed by atoms with Crippen LogP contribution in [0.5, 0.6) is 5.75 Å². The van der Waals surface area contributed by atoms with Gasteiger partial charge in [0.2, 0.25) is 22.1 Å². The Labute approximate surface area is 155 Å². The van der Waals surface area contributed by atoms with Crippen LogP contribution in [0.25, 0.3) is 0 Å². The summed E-state index contributed by atoms with van der Waals surface area (Å²) in [6.07, 6.45) is 0.259. The summed E-state index contributed by atoms with van der Waals surface area (Å²) in [5, 5.41) is 7.96. The molecular formula is C18H17FN2O5S. The number of nitrogens with one attached hydrogen (secondary N) is 1.